The summed E-state index contributed by atoms with van der Waals surface area (Å²) in [6.45, 7) is 5.92. The number of carbonyl (C=O) groups excluding carboxylic acids is 1. The number of anilines is 1. The van der Waals surface area contributed by atoms with E-state index in [1.807, 2.05) is 39.0 Å². The summed E-state index contributed by atoms with van der Waals surface area (Å²) in [6, 6.07) is 6.99. The summed E-state index contributed by atoms with van der Waals surface area (Å²) in [6.07, 6.45) is -3.15. The summed E-state index contributed by atoms with van der Waals surface area (Å²) in [4.78, 5) is 27.4. The third-order valence-electron chi connectivity index (χ3n) is 5.64. The number of fused-ring (bicyclic) bond motifs is 1. The van der Waals surface area contributed by atoms with Crippen LogP contribution in [0.25, 0.3) is 22.2 Å². The van der Waals surface area contributed by atoms with Crippen molar-refractivity contribution in [2.24, 2.45) is 0 Å². The van der Waals surface area contributed by atoms with E-state index in [0.717, 1.165) is 40.0 Å². The molecule has 2 aromatic heterocycles. The number of aromatic nitrogens is 3. The van der Waals surface area contributed by atoms with Crippen LogP contribution >= 0.6 is 0 Å². The smallest absolute Gasteiger partial charge is 0.322 e. The molecule has 174 valence electrons. The van der Waals surface area contributed by atoms with E-state index in [2.05, 4.69) is 25.0 Å². The molecule has 1 N–H and O–H groups in total. The lowest BCUT2D eigenvalue weighted by Gasteiger charge is -2.19. The Bertz CT molecular complexity index is 1200. The van der Waals surface area contributed by atoms with Crippen LogP contribution in [0.5, 0.6) is 0 Å². The van der Waals surface area contributed by atoms with Crippen LogP contribution in [0, 0.1) is 13.8 Å². The molecule has 0 spiro atoms. The Kier molecular flexibility index (Phi) is 6.20. The SMILES string of the molecule is CCc1ncc2cc(-c3cc(NC(=O)N4CC[C@@H](OC(F)(F)F)C4)ccc3C)c(C)nc2n1. The number of hydrogen-bond acceptors (Lipinski definition) is 5. The van der Waals surface area contributed by atoms with Crippen LogP contribution < -0.4 is 5.32 Å². The van der Waals surface area contributed by atoms with Gasteiger partial charge in [0.05, 0.1) is 6.10 Å². The molecule has 1 fully saturated rings. The van der Waals surface area contributed by atoms with Crippen LogP contribution in [-0.2, 0) is 11.2 Å². The second kappa shape index (κ2) is 8.93. The normalized spacial score (nSPS) is 16.4. The Morgan fingerprint density at radius 3 is 2.73 bits per heavy atom. The van der Waals surface area contributed by atoms with Gasteiger partial charge in [0.2, 0.25) is 0 Å². The summed E-state index contributed by atoms with van der Waals surface area (Å²) in [7, 11) is 0. The maximum atomic E-state index is 12.6. The van der Waals surface area contributed by atoms with E-state index in [4.69, 9.17) is 0 Å². The van der Waals surface area contributed by atoms with Gasteiger partial charge in [-0.25, -0.2) is 19.7 Å². The second-order valence-electron chi connectivity index (χ2n) is 8.05. The number of aryl methyl sites for hydroxylation is 3. The number of pyridine rings is 1. The van der Waals surface area contributed by atoms with Crippen LogP contribution in [0.4, 0.5) is 23.7 Å². The van der Waals surface area contributed by atoms with Crippen LogP contribution in [0.3, 0.4) is 0 Å². The quantitative estimate of drug-likeness (QED) is 0.593. The van der Waals surface area contributed by atoms with Crippen molar-refractivity contribution < 1.29 is 22.7 Å². The molecule has 4 rings (SSSR count). The molecule has 0 radical (unpaired) electrons. The fourth-order valence-corrected chi connectivity index (χ4v) is 3.92. The van der Waals surface area contributed by atoms with Crippen molar-refractivity contribution in [3.63, 3.8) is 0 Å². The Labute approximate surface area is 189 Å². The van der Waals surface area contributed by atoms with Gasteiger partial charge in [-0.3, -0.25) is 4.74 Å². The zero-order valence-electron chi connectivity index (χ0n) is 18.5. The van der Waals surface area contributed by atoms with Crippen molar-refractivity contribution in [1.82, 2.24) is 19.9 Å². The molecule has 3 heterocycles. The van der Waals surface area contributed by atoms with Gasteiger partial charge in [0, 0.05) is 48.0 Å². The summed E-state index contributed by atoms with van der Waals surface area (Å²) >= 11 is 0. The number of benzene rings is 1. The number of ether oxygens (including phenoxy) is 1. The lowest BCUT2D eigenvalue weighted by Crippen LogP contribution is -2.35. The summed E-state index contributed by atoms with van der Waals surface area (Å²) in [5.74, 6) is 0.729. The van der Waals surface area contributed by atoms with Gasteiger partial charge in [0.1, 0.15) is 5.82 Å². The maximum Gasteiger partial charge on any atom is 0.522 e. The molecule has 1 aliphatic heterocycles. The third-order valence-corrected chi connectivity index (χ3v) is 5.64. The number of nitrogens with zero attached hydrogens (tertiary/aromatic N) is 4. The first-order chi connectivity index (χ1) is 15.6. The topological polar surface area (TPSA) is 80.2 Å². The molecule has 10 heteroatoms. The first-order valence-electron chi connectivity index (χ1n) is 10.7. The van der Waals surface area contributed by atoms with Crippen LogP contribution in [0.2, 0.25) is 0 Å². The van der Waals surface area contributed by atoms with Gasteiger partial charge in [0.15, 0.2) is 5.65 Å². The number of nitrogens with one attached hydrogen (secondary N) is 1. The highest BCUT2D eigenvalue weighted by atomic mass is 19.4. The molecular formula is C23H24F3N5O2. The highest BCUT2D eigenvalue weighted by molar-refractivity contribution is 5.91. The molecule has 1 aliphatic rings. The van der Waals surface area contributed by atoms with Crippen LogP contribution in [0.15, 0.2) is 30.5 Å². The predicted molar refractivity (Wildman–Crippen MR) is 118 cm³/mol. The zero-order chi connectivity index (χ0) is 23.8. The van der Waals surface area contributed by atoms with Crippen molar-refractivity contribution in [1.29, 1.82) is 0 Å². The fraction of sp³-hybridized carbons (Fsp3) is 0.391. The van der Waals surface area contributed by atoms with E-state index in [-0.39, 0.29) is 19.5 Å². The van der Waals surface area contributed by atoms with Crippen molar-refractivity contribution in [3.05, 3.63) is 47.5 Å². The minimum Gasteiger partial charge on any atom is -0.322 e. The summed E-state index contributed by atoms with van der Waals surface area (Å²) in [5, 5.41) is 3.60. The number of rotatable bonds is 4. The Hall–Kier alpha value is -3.27. The highest BCUT2D eigenvalue weighted by Crippen LogP contribution is 2.31. The molecule has 0 unspecified atom stereocenters. The number of likely N-dealkylation sites (tertiary alicyclic amines) is 1. The standard InChI is InChI=1S/C23H24F3N5O2/c1-4-20-27-11-15-9-19(14(3)28-21(15)30-20)18-10-16(6-5-13(18)2)29-22(32)31-8-7-17(12-31)33-23(24,25)26/h5-6,9-11,17H,4,7-8,12H2,1-3H3,(H,29,32)/t17-/m1/s1. The molecule has 0 saturated carbocycles. The fourth-order valence-electron chi connectivity index (χ4n) is 3.92. The lowest BCUT2D eigenvalue weighted by atomic mass is 9.98. The number of hydrogen-bond donors (Lipinski definition) is 1. The summed E-state index contributed by atoms with van der Waals surface area (Å²) < 4.78 is 41.4. The molecule has 0 bridgehead atoms. The third kappa shape index (κ3) is 5.22. The Balaban J connectivity index is 1.55. The van der Waals surface area contributed by atoms with E-state index in [9.17, 15) is 18.0 Å². The van der Waals surface area contributed by atoms with Crippen molar-refractivity contribution in [2.75, 3.05) is 18.4 Å². The van der Waals surface area contributed by atoms with E-state index in [1.54, 1.807) is 12.3 Å². The van der Waals surface area contributed by atoms with Crippen molar-refractivity contribution >= 4 is 22.8 Å². The molecule has 7 nitrogen and oxygen atoms in total. The minimum atomic E-state index is -4.71. The largest absolute Gasteiger partial charge is 0.522 e. The van der Waals surface area contributed by atoms with Gasteiger partial charge in [-0.1, -0.05) is 13.0 Å². The van der Waals surface area contributed by atoms with Crippen molar-refractivity contribution in [2.45, 2.75) is 46.1 Å². The first kappa shape index (κ1) is 22.9. The van der Waals surface area contributed by atoms with Gasteiger partial charge in [-0.05, 0) is 49.6 Å². The summed E-state index contributed by atoms with van der Waals surface area (Å²) in [5.41, 5.74) is 4.74. The minimum absolute atomic E-state index is 0.114. The number of urea groups is 1. The lowest BCUT2D eigenvalue weighted by molar-refractivity contribution is -0.340. The zero-order valence-corrected chi connectivity index (χ0v) is 18.5. The van der Waals surface area contributed by atoms with Gasteiger partial charge in [0.25, 0.3) is 0 Å². The average molecular weight is 459 g/mol. The average Bonchev–Trinajstić information content (AvgIpc) is 3.21. The molecule has 3 aromatic rings. The van der Waals surface area contributed by atoms with Gasteiger partial charge in [-0.2, -0.15) is 0 Å². The number of halogens is 3. The number of amides is 2. The van der Waals surface area contributed by atoms with Crippen molar-refractivity contribution in [3.8, 4) is 11.1 Å². The Morgan fingerprint density at radius 2 is 2.00 bits per heavy atom. The molecular weight excluding hydrogens is 435 g/mol. The predicted octanol–water partition coefficient (Wildman–Crippen LogP) is 5.01. The van der Waals surface area contributed by atoms with E-state index < -0.39 is 18.5 Å². The monoisotopic (exact) mass is 459 g/mol. The van der Waals surface area contributed by atoms with Crippen LogP contribution in [-0.4, -0.2) is 51.4 Å². The molecule has 1 saturated heterocycles. The van der Waals surface area contributed by atoms with Gasteiger partial charge >= 0.3 is 12.4 Å². The number of alkyl halides is 3. The first-order valence-corrected chi connectivity index (χ1v) is 10.7. The second-order valence-corrected chi connectivity index (χ2v) is 8.05. The van der Waals surface area contributed by atoms with Crippen LogP contribution in [0.1, 0.15) is 30.4 Å². The van der Waals surface area contributed by atoms with E-state index in [0.29, 0.717) is 11.3 Å². The maximum absolute atomic E-state index is 12.6. The van der Waals surface area contributed by atoms with Gasteiger partial charge < -0.3 is 10.2 Å². The molecule has 33 heavy (non-hydrogen) atoms. The Morgan fingerprint density at radius 1 is 1.21 bits per heavy atom. The molecule has 1 aromatic carbocycles. The molecule has 2 amide bonds. The van der Waals surface area contributed by atoms with E-state index in [1.165, 1.54) is 4.90 Å². The number of carbonyl (C=O) groups is 1. The molecule has 1 atom stereocenters. The van der Waals surface area contributed by atoms with E-state index >= 15 is 0 Å². The highest BCUT2D eigenvalue weighted by Gasteiger charge is 2.37. The molecule has 0 aliphatic carbocycles. The van der Waals surface area contributed by atoms with Gasteiger partial charge in [-0.15, -0.1) is 13.2 Å².